The third-order valence-corrected chi connectivity index (χ3v) is 3.98. The molecule has 1 fully saturated rings. The number of nitrogens with zero attached hydrogens (tertiary/aromatic N) is 1. The van der Waals surface area contributed by atoms with Crippen LogP contribution in [0.5, 0.6) is 0 Å². The summed E-state index contributed by atoms with van der Waals surface area (Å²) in [6.07, 6.45) is 9.33. The van der Waals surface area contributed by atoms with Crippen molar-refractivity contribution in [3.05, 3.63) is 29.8 Å². The molecule has 1 N–H and O–H groups in total. The Labute approximate surface area is 123 Å². The lowest BCUT2D eigenvalue weighted by molar-refractivity contribution is 0.537. The molecule has 0 heterocycles. The van der Waals surface area contributed by atoms with E-state index in [1.54, 1.807) is 0 Å². The molecule has 0 amide bonds. The maximum Gasteiger partial charge on any atom is 0.0791 e. The summed E-state index contributed by atoms with van der Waals surface area (Å²) in [6.45, 7) is 7.19. The van der Waals surface area contributed by atoms with Gasteiger partial charge in [0, 0.05) is 18.3 Å². The van der Waals surface area contributed by atoms with Gasteiger partial charge < -0.3 is 10.2 Å². The minimum Gasteiger partial charge on any atom is -0.360 e. The Morgan fingerprint density at radius 2 is 2.00 bits per heavy atom. The molecule has 1 saturated carbocycles. The predicted octanol–water partition coefficient (Wildman–Crippen LogP) is 3.60. The fourth-order valence-electron chi connectivity index (χ4n) is 2.65. The molecule has 2 rings (SSSR count). The molecule has 0 radical (unpaired) electrons. The lowest BCUT2D eigenvalue weighted by Crippen LogP contribution is -2.26. The Hall–Kier alpha value is -1.46. The summed E-state index contributed by atoms with van der Waals surface area (Å²) >= 11 is 0. The molecule has 0 saturated heterocycles. The van der Waals surface area contributed by atoms with E-state index >= 15 is 0 Å². The summed E-state index contributed by atoms with van der Waals surface area (Å²) in [5, 5.41) is 3.52. The Kier molecular flexibility index (Phi) is 5.49. The first kappa shape index (κ1) is 14.9. The van der Waals surface area contributed by atoms with Gasteiger partial charge in [-0.15, -0.1) is 6.42 Å². The van der Waals surface area contributed by atoms with Crippen LogP contribution in [0.4, 0.5) is 5.69 Å². The molecule has 1 atom stereocenters. The number of terminal acetylenes is 1. The third kappa shape index (κ3) is 4.02. The zero-order valence-electron chi connectivity index (χ0n) is 12.7. The SMILES string of the molecule is C#CCN(CC1CC1)c1ccc(C(CC)NCC)cc1. The van der Waals surface area contributed by atoms with Crippen LogP contribution in [-0.4, -0.2) is 19.6 Å². The van der Waals surface area contributed by atoms with Crippen molar-refractivity contribution in [3.8, 4) is 12.3 Å². The number of hydrogen-bond donors (Lipinski definition) is 1. The van der Waals surface area contributed by atoms with Crippen molar-refractivity contribution >= 4 is 5.69 Å². The first-order valence-electron chi connectivity index (χ1n) is 7.80. The largest absolute Gasteiger partial charge is 0.360 e. The van der Waals surface area contributed by atoms with Gasteiger partial charge in [0.2, 0.25) is 0 Å². The molecule has 108 valence electrons. The van der Waals surface area contributed by atoms with E-state index in [2.05, 4.69) is 54.3 Å². The van der Waals surface area contributed by atoms with Gasteiger partial charge in [-0.05, 0) is 49.4 Å². The number of benzene rings is 1. The van der Waals surface area contributed by atoms with Crippen LogP contribution < -0.4 is 10.2 Å². The highest BCUT2D eigenvalue weighted by Gasteiger charge is 2.24. The van der Waals surface area contributed by atoms with Crippen LogP contribution in [0.15, 0.2) is 24.3 Å². The van der Waals surface area contributed by atoms with Gasteiger partial charge in [-0.3, -0.25) is 0 Å². The number of rotatable bonds is 8. The van der Waals surface area contributed by atoms with E-state index in [-0.39, 0.29) is 0 Å². The summed E-state index contributed by atoms with van der Waals surface area (Å²) in [6, 6.07) is 9.37. The average Bonchev–Trinajstić information content (AvgIpc) is 3.29. The van der Waals surface area contributed by atoms with Crippen LogP contribution in [0.3, 0.4) is 0 Å². The van der Waals surface area contributed by atoms with E-state index in [1.165, 1.54) is 24.1 Å². The molecule has 1 unspecified atom stereocenters. The van der Waals surface area contributed by atoms with Crippen molar-refractivity contribution in [1.29, 1.82) is 0 Å². The molecule has 20 heavy (non-hydrogen) atoms. The van der Waals surface area contributed by atoms with Gasteiger partial charge in [-0.1, -0.05) is 31.9 Å². The van der Waals surface area contributed by atoms with Gasteiger partial charge in [0.25, 0.3) is 0 Å². The molecule has 0 spiro atoms. The standard InChI is InChI=1S/C18H26N2/c1-4-13-20(14-15-7-8-15)17-11-9-16(10-12-17)18(5-2)19-6-3/h1,9-12,15,18-19H,5-8,13-14H2,2-3H3. The highest BCUT2D eigenvalue weighted by atomic mass is 15.1. The lowest BCUT2D eigenvalue weighted by atomic mass is 10.0. The van der Waals surface area contributed by atoms with Crippen molar-refractivity contribution in [2.75, 3.05) is 24.5 Å². The molecule has 2 heteroatoms. The van der Waals surface area contributed by atoms with Crippen LogP contribution in [0.25, 0.3) is 0 Å². The van der Waals surface area contributed by atoms with Crippen molar-refractivity contribution < 1.29 is 0 Å². The first-order chi connectivity index (χ1) is 9.78. The van der Waals surface area contributed by atoms with Gasteiger partial charge in [0.05, 0.1) is 6.54 Å². The molecule has 1 aliphatic carbocycles. The minimum absolute atomic E-state index is 0.457. The summed E-state index contributed by atoms with van der Waals surface area (Å²) in [4.78, 5) is 2.33. The topological polar surface area (TPSA) is 15.3 Å². The first-order valence-corrected chi connectivity index (χ1v) is 7.80. The second kappa shape index (κ2) is 7.36. The van der Waals surface area contributed by atoms with Crippen LogP contribution in [0, 0.1) is 18.3 Å². The van der Waals surface area contributed by atoms with E-state index in [0.717, 1.165) is 25.4 Å². The molecule has 2 nitrogen and oxygen atoms in total. The van der Waals surface area contributed by atoms with Crippen molar-refractivity contribution in [1.82, 2.24) is 5.32 Å². The number of anilines is 1. The van der Waals surface area contributed by atoms with Gasteiger partial charge in [0.15, 0.2) is 0 Å². The summed E-state index contributed by atoms with van der Waals surface area (Å²) in [5.74, 6) is 3.64. The van der Waals surface area contributed by atoms with E-state index in [9.17, 15) is 0 Å². The zero-order valence-corrected chi connectivity index (χ0v) is 12.7. The highest BCUT2D eigenvalue weighted by Crippen LogP contribution is 2.31. The fourth-order valence-corrected chi connectivity index (χ4v) is 2.65. The second-order valence-electron chi connectivity index (χ2n) is 5.64. The fraction of sp³-hybridized carbons (Fsp3) is 0.556. The average molecular weight is 270 g/mol. The molecular formula is C18H26N2. The number of hydrogen-bond acceptors (Lipinski definition) is 2. The second-order valence-corrected chi connectivity index (χ2v) is 5.64. The van der Waals surface area contributed by atoms with Crippen molar-refractivity contribution in [2.24, 2.45) is 5.92 Å². The Morgan fingerprint density at radius 3 is 2.50 bits per heavy atom. The normalized spacial score (nSPS) is 15.7. The van der Waals surface area contributed by atoms with Gasteiger partial charge >= 0.3 is 0 Å². The Morgan fingerprint density at radius 1 is 1.30 bits per heavy atom. The molecule has 1 aliphatic rings. The smallest absolute Gasteiger partial charge is 0.0791 e. The quantitative estimate of drug-likeness (QED) is 0.726. The van der Waals surface area contributed by atoms with E-state index < -0.39 is 0 Å². The molecule has 0 aromatic heterocycles. The zero-order chi connectivity index (χ0) is 14.4. The van der Waals surface area contributed by atoms with Crippen molar-refractivity contribution in [3.63, 3.8) is 0 Å². The molecule has 0 bridgehead atoms. The molecular weight excluding hydrogens is 244 g/mol. The van der Waals surface area contributed by atoms with Crippen LogP contribution in [0.2, 0.25) is 0 Å². The van der Waals surface area contributed by atoms with Crippen molar-refractivity contribution in [2.45, 2.75) is 39.2 Å². The van der Waals surface area contributed by atoms with Gasteiger partial charge in [-0.25, -0.2) is 0 Å². The van der Waals surface area contributed by atoms with Crippen LogP contribution in [-0.2, 0) is 0 Å². The Bertz CT molecular complexity index is 439. The Balaban J connectivity index is 2.06. The maximum absolute atomic E-state index is 5.50. The summed E-state index contributed by atoms with van der Waals surface area (Å²) in [5.41, 5.74) is 2.62. The predicted molar refractivity (Wildman–Crippen MR) is 86.9 cm³/mol. The molecule has 1 aromatic rings. The summed E-state index contributed by atoms with van der Waals surface area (Å²) in [7, 11) is 0. The van der Waals surface area contributed by atoms with Gasteiger partial charge in [-0.2, -0.15) is 0 Å². The highest BCUT2D eigenvalue weighted by molar-refractivity contribution is 5.49. The van der Waals surface area contributed by atoms with E-state index in [1.807, 2.05) is 0 Å². The van der Waals surface area contributed by atoms with Gasteiger partial charge in [0.1, 0.15) is 0 Å². The molecule has 1 aromatic carbocycles. The maximum atomic E-state index is 5.50. The third-order valence-electron chi connectivity index (χ3n) is 3.98. The van der Waals surface area contributed by atoms with Crippen LogP contribution >= 0.6 is 0 Å². The summed E-state index contributed by atoms with van der Waals surface area (Å²) < 4.78 is 0. The van der Waals surface area contributed by atoms with E-state index in [4.69, 9.17) is 6.42 Å². The number of nitrogens with one attached hydrogen (secondary N) is 1. The van der Waals surface area contributed by atoms with E-state index in [0.29, 0.717) is 12.6 Å². The molecule has 0 aliphatic heterocycles. The monoisotopic (exact) mass is 270 g/mol. The lowest BCUT2D eigenvalue weighted by Gasteiger charge is -2.23. The minimum atomic E-state index is 0.457. The van der Waals surface area contributed by atoms with Crippen LogP contribution in [0.1, 0.15) is 44.7 Å².